The van der Waals surface area contributed by atoms with E-state index < -0.39 is 5.60 Å². The Hall–Kier alpha value is 0.426. The summed E-state index contributed by atoms with van der Waals surface area (Å²) in [6.07, 6.45) is 1.57. The van der Waals surface area contributed by atoms with Crippen molar-refractivity contribution in [3.05, 3.63) is 5.92 Å². The Morgan fingerprint density at radius 1 is 1.42 bits per heavy atom. The Bertz CT molecular complexity index is 298. The summed E-state index contributed by atoms with van der Waals surface area (Å²) in [6.45, 7) is 9.97. The Labute approximate surface area is 159 Å². The molecule has 19 heavy (non-hydrogen) atoms. The van der Waals surface area contributed by atoms with Crippen LogP contribution >= 0.6 is 0 Å². The van der Waals surface area contributed by atoms with Crippen LogP contribution in [-0.2, 0) is 14.3 Å². The molecule has 104 valence electrons. The van der Waals surface area contributed by atoms with E-state index in [9.17, 15) is 4.79 Å². The quantitative estimate of drug-likeness (QED) is 0.360. The second-order valence-corrected chi connectivity index (χ2v) is 5.30. The van der Waals surface area contributed by atoms with Gasteiger partial charge in [0.25, 0.3) is 0 Å². The van der Waals surface area contributed by atoms with Gasteiger partial charge in [-0.1, -0.05) is 0 Å². The molecular weight excluding hydrogens is 269 g/mol. The van der Waals surface area contributed by atoms with Crippen LogP contribution in [-0.4, -0.2) is 24.3 Å². The van der Waals surface area contributed by atoms with E-state index in [-0.39, 0.29) is 69.9 Å². The number of hydrogen-bond donors (Lipinski definition) is 0. The minimum absolute atomic E-state index is 0. The first-order valence-corrected chi connectivity index (χ1v) is 6.33. The molecular formula is C14H24KNO3. The smallest absolute Gasteiger partial charge is 0.460 e. The molecule has 0 radical (unpaired) electrons. The Balaban J connectivity index is 0. The number of hydrogen-bond acceptors (Lipinski definition) is 4. The first kappa shape index (κ1) is 21.7. The number of ether oxygens (including phenoxy) is 2. The van der Waals surface area contributed by atoms with Gasteiger partial charge in [-0.3, -0.25) is 10.7 Å². The van der Waals surface area contributed by atoms with Crippen LogP contribution in [0.4, 0.5) is 0 Å². The van der Waals surface area contributed by atoms with E-state index >= 15 is 0 Å². The van der Waals surface area contributed by atoms with Crippen LogP contribution in [0.25, 0.3) is 0 Å². The molecule has 5 heteroatoms. The van der Waals surface area contributed by atoms with Crippen LogP contribution in [0, 0.1) is 17.2 Å². The minimum Gasteiger partial charge on any atom is -0.460 e. The van der Waals surface area contributed by atoms with E-state index in [1.807, 2.05) is 33.8 Å². The second-order valence-electron chi connectivity index (χ2n) is 5.30. The van der Waals surface area contributed by atoms with Crippen molar-refractivity contribution in [2.24, 2.45) is 0 Å². The number of rotatable bonds is 8. The van der Waals surface area contributed by atoms with Gasteiger partial charge < -0.3 is 9.47 Å². The van der Waals surface area contributed by atoms with E-state index in [0.717, 1.165) is 0 Å². The van der Waals surface area contributed by atoms with Gasteiger partial charge in [-0.05, 0) is 27.7 Å². The van der Waals surface area contributed by atoms with Crippen molar-refractivity contribution in [2.75, 3.05) is 6.61 Å². The van der Waals surface area contributed by atoms with Crippen LogP contribution in [0.2, 0.25) is 0 Å². The van der Waals surface area contributed by atoms with Crippen molar-refractivity contribution >= 4 is 5.97 Å². The third kappa shape index (κ3) is 13.2. The van der Waals surface area contributed by atoms with Gasteiger partial charge in [0.2, 0.25) is 0 Å². The molecule has 0 saturated heterocycles. The molecule has 0 aromatic carbocycles. The molecule has 0 amide bonds. The van der Waals surface area contributed by atoms with Gasteiger partial charge in [0, 0.05) is 12.8 Å². The van der Waals surface area contributed by atoms with Gasteiger partial charge in [0.1, 0.15) is 5.60 Å². The molecule has 0 aliphatic carbocycles. The molecule has 4 nitrogen and oxygen atoms in total. The summed E-state index contributed by atoms with van der Waals surface area (Å²) in [4.78, 5) is 11.6. The standard InChI is InChI=1S/C14H24NO3.K/c1-11(2)17-9-8-14(4,5)18-13(16)7-6-12(3)10-15;/h11H,6-9H2,1-5H3;/q-1;+1. The summed E-state index contributed by atoms with van der Waals surface area (Å²) < 4.78 is 10.8. The van der Waals surface area contributed by atoms with Crippen LogP contribution in [0.1, 0.15) is 53.9 Å². The van der Waals surface area contributed by atoms with E-state index in [4.69, 9.17) is 14.7 Å². The van der Waals surface area contributed by atoms with Crippen molar-refractivity contribution in [3.63, 3.8) is 0 Å². The number of carbonyl (C=O) groups excluding carboxylic acids is 1. The number of nitrogens with zero attached hydrogens (tertiary/aromatic N) is 1. The molecule has 0 bridgehead atoms. The van der Waals surface area contributed by atoms with E-state index in [1.165, 1.54) is 0 Å². The van der Waals surface area contributed by atoms with Gasteiger partial charge in [0.15, 0.2) is 0 Å². The Morgan fingerprint density at radius 3 is 2.47 bits per heavy atom. The zero-order chi connectivity index (χ0) is 14.2. The molecule has 0 N–H and O–H groups in total. The molecule has 0 rings (SSSR count). The van der Waals surface area contributed by atoms with Crippen molar-refractivity contribution in [1.82, 2.24) is 0 Å². The third-order valence-corrected chi connectivity index (χ3v) is 2.44. The predicted molar refractivity (Wildman–Crippen MR) is 69.6 cm³/mol. The average Bonchev–Trinajstić information content (AvgIpc) is 2.24. The van der Waals surface area contributed by atoms with Crippen molar-refractivity contribution in [2.45, 2.75) is 65.6 Å². The van der Waals surface area contributed by atoms with Crippen molar-refractivity contribution < 1.29 is 65.7 Å². The maximum Gasteiger partial charge on any atom is 1.00 e. The number of carbonyl (C=O) groups is 1. The summed E-state index contributed by atoms with van der Waals surface area (Å²) in [6, 6.07) is 2.02. The monoisotopic (exact) mass is 293 g/mol. The average molecular weight is 293 g/mol. The molecule has 0 aliphatic rings. The first-order valence-electron chi connectivity index (χ1n) is 6.33. The van der Waals surface area contributed by atoms with Crippen LogP contribution < -0.4 is 51.4 Å². The van der Waals surface area contributed by atoms with E-state index in [0.29, 0.717) is 25.4 Å². The van der Waals surface area contributed by atoms with E-state index in [2.05, 4.69) is 0 Å². The SMILES string of the molecule is C[C-](C#N)CCC(=O)OC(C)(C)CCOC(C)C.[K+]. The molecule has 0 fully saturated rings. The zero-order valence-corrected chi connectivity index (χ0v) is 16.2. The van der Waals surface area contributed by atoms with Gasteiger partial charge >= 0.3 is 57.4 Å². The predicted octanol–water partition coefficient (Wildman–Crippen LogP) is 0.0255. The van der Waals surface area contributed by atoms with Crippen LogP contribution in [0.3, 0.4) is 0 Å². The fourth-order valence-corrected chi connectivity index (χ4v) is 1.30. The Morgan fingerprint density at radius 2 is 2.00 bits per heavy atom. The first-order chi connectivity index (χ1) is 8.26. The molecule has 0 aromatic heterocycles. The molecule has 0 heterocycles. The maximum absolute atomic E-state index is 11.6. The molecule has 0 atom stereocenters. The van der Waals surface area contributed by atoms with Gasteiger partial charge in [-0.25, -0.2) is 5.26 Å². The minimum atomic E-state index is -0.521. The molecule has 0 spiro atoms. The maximum atomic E-state index is 11.6. The third-order valence-electron chi connectivity index (χ3n) is 2.44. The summed E-state index contributed by atoms with van der Waals surface area (Å²) in [7, 11) is 0. The largest absolute Gasteiger partial charge is 1.00 e. The van der Waals surface area contributed by atoms with Crippen LogP contribution in [0.5, 0.6) is 0 Å². The van der Waals surface area contributed by atoms with Gasteiger partial charge in [-0.2, -0.15) is 6.92 Å². The zero-order valence-electron chi connectivity index (χ0n) is 13.1. The summed E-state index contributed by atoms with van der Waals surface area (Å²) in [5, 5.41) is 8.59. The summed E-state index contributed by atoms with van der Waals surface area (Å²) in [5.74, 6) is 0.382. The van der Waals surface area contributed by atoms with Crippen LogP contribution in [0.15, 0.2) is 0 Å². The normalized spacial score (nSPS) is 10.6. The van der Waals surface area contributed by atoms with Crippen molar-refractivity contribution in [3.8, 4) is 6.07 Å². The van der Waals surface area contributed by atoms with E-state index in [1.54, 1.807) is 6.92 Å². The molecule has 0 aliphatic heterocycles. The Kier molecular flexibility index (Phi) is 12.7. The topological polar surface area (TPSA) is 59.3 Å². The number of nitriles is 1. The fourth-order valence-electron chi connectivity index (χ4n) is 1.30. The van der Waals surface area contributed by atoms with Gasteiger partial charge in [0.05, 0.1) is 12.7 Å². The molecule has 0 saturated carbocycles. The second kappa shape index (κ2) is 11.1. The molecule has 0 unspecified atom stereocenters. The molecule has 0 aromatic rings. The number of esters is 1. The summed E-state index contributed by atoms with van der Waals surface area (Å²) >= 11 is 0. The van der Waals surface area contributed by atoms with Crippen molar-refractivity contribution in [1.29, 1.82) is 5.26 Å². The fraction of sp³-hybridized carbons (Fsp3) is 0.786. The summed E-state index contributed by atoms with van der Waals surface area (Å²) in [5.41, 5.74) is -0.521. The van der Waals surface area contributed by atoms with Gasteiger partial charge in [-0.15, -0.1) is 12.5 Å².